The van der Waals surface area contributed by atoms with Gasteiger partial charge in [-0.15, -0.1) is 11.3 Å². The highest BCUT2D eigenvalue weighted by Crippen LogP contribution is 2.26. The molecule has 1 heterocycles. The van der Waals surface area contributed by atoms with Gasteiger partial charge in [0.1, 0.15) is 9.88 Å². The smallest absolute Gasteiger partial charge is 0.326 e. The second-order valence-corrected chi connectivity index (χ2v) is 6.21. The van der Waals surface area contributed by atoms with Gasteiger partial charge in [0, 0.05) is 16.8 Å². The summed E-state index contributed by atoms with van der Waals surface area (Å²) < 4.78 is 6.11. The number of nitrogens with zero attached hydrogens (tertiary/aromatic N) is 1. The Hall–Kier alpha value is -0.590. The summed E-state index contributed by atoms with van der Waals surface area (Å²) in [5.41, 5.74) is 0.360. The summed E-state index contributed by atoms with van der Waals surface area (Å²) in [6.07, 6.45) is 0. The molecule has 4 nitrogen and oxygen atoms in total. The van der Waals surface area contributed by atoms with Crippen LogP contribution in [0.2, 0.25) is 0 Å². The van der Waals surface area contributed by atoms with Crippen molar-refractivity contribution in [2.24, 2.45) is 0 Å². The van der Waals surface area contributed by atoms with E-state index in [1.807, 2.05) is 33.1 Å². The molecule has 0 aromatic carbocycles. The first kappa shape index (κ1) is 15.5. The van der Waals surface area contributed by atoms with Gasteiger partial charge < -0.3 is 10.1 Å². The van der Waals surface area contributed by atoms with Crippen LogP contribution in [-0.4, -0.2) is 35.4 Å². The molecule has 1 rings (SSSR count). The lowest BCUT2D eigenvalue weighted by Gasteiger charge is -2.27. The van der Waals surface area contributed by atoms with Crippen LogP contribution in [0.5, 0.6) is 0 Å². The number of ether oxygens (including phenoxy) is 1. The fraction of sp³-hybridized carbons (Fsp3) is 0.667. The molecule has 0 saturated heterocycles. The molecule has 1 N–H and O–H groups in total. The summed E-state index contributed by atoms with van der Waals surface area (Å²) >= 11 is 3.19. The van der Waals surface area contributed by atoms with Crippen molar-refractivity contribution in [3.63, 3.8) is 0 Å². The van der Waals surface area contributed by atoms with Gasteiger partial charge in [0.2, 0.25) is 0 Å². The number of carbonyl (C=O) groups is 1. The van der Waals surface area contributed by atoms with Gasteiger partial charge >= 0.3 is 5.97 Å². The van der Waals surface area contributed by atoms with Crippen molar-refractivity contribution in [2.75, 3.05) is 18.9 Å². The maximum atomic E-state index is 12.0. The number of aromatic nitrogens is 1. The fourth-order valence-corrected chi connectivity index (χ4v) is 3.42. The molecule has 0 amide bonds. The summed E-state index contributed by atoms with van der Waals surface area (Å²) in [4.78, 5) is 16.3. The molecule has 1 unspecified atom stereocenters. The van der Waals surface area contributed by atoms with Gasteiger partial charge in [-0.3, -0.25) is 4.79 Å². The van der Waals surface area contributed by atoms with Crippen LogP contribution in [-0.2, 0) is 9.53 Å². The van der Waals surface area contributed by atoms with Gasteiger partial charge in [-0.2, -0.15) is 0 Å². The van der Waals surface area contributed by atoms with Crippen molar-refractivity contribution in [1.82, 2.24) is 10.3 Å². The fourth-order valence-electron chi connectivity index (χ4n) is 1.47. The van der Waals surface area contributed by atoms with Gasteiger partial charge in [-0.25, -0.2) is 4.98 Å². The van der Waals surface area contributed by atoms with Crippen molar-refractivity contribution in [3.05, 3.63) is 11.1 Å². The quantitative estimate of drug-likeness (QED) is 0.617. The monoisotopic (exact) mass is 288 g/mol. The molecule has 1 atom stereocenters. The van der Waals surface area contributed by atoms with E-state index in [4.69, 9.17) is 4.74 Å². The van der Waals surface area contributed by atoms with Gasteiger partial charge in [-0.05, 0) is 27.3 Å². The Balaban J connectivity index is 2.64. The lowest BCUT2D eigenvalue weighted by atomic mass is 10.1. The van der Waals surface area contributed by atoms with Crippen molar-refractivity contribution in [2.45, 2.75) is 37.6 Å². The number of thiazole rings is 1. The average Bonchev–Trinajstić information content (AvgIpc) is 2.73. The molecule has 6 heteroatoms. The van der Waals surface area contributed by atoms with Gasteiger partial charge in [0.25, 0.3) is 0 Å². The van der Waals surface area contributed by atoms with E-state index < -0.39 is 5.54 Å². The normalized spacial score (nSPS) is 14.2. The van der Waals surface area contributed by atoms with Crippen molar-refractivity contribution in [3.8, 4) is 0 Å². The van der Waals surface area contributed by atoms with Crippen LogP contribution in [0.15, 0.2) is 9.72 Å². The first-order valence-electron chi connectivity index (χ1n) is 5.99. The Morgan fingerprint density at radius 2 is 2.33 bits per heavy atom. The molecule has 1 aromatic rings. The zero-order chi connectivity index (χ0) is 13.6. The number of nitrogens with one attached hydrogen (secondary N) is 1. The van der Waals surface area contributed by atoms with E-state index in [0.717, 1.165) is 16.6 Å². The van der Waals surface area contributed by atoms with Crippen molar-refractivity contribution < 1.29 is 9.53 Å². The number of carbonyl (C=O) groups excluding carboxylic acids is 1. The Labute approximate surface area is 117 Å². The molecular weight excluding hydrogens is 268 g/mol. The summed E-state index contributed by atoms with van der Waals surface area (Å²) in [7, 11) is 0. The number of thioether (sulfide) groups is 1. The zero-order valence-corrected chi connectivity index (χ0v) is 12.9. The summed E-state index contributed by atoms with van der Waals surface area (Å²) in [5, 5.41) is 5.21. The van der Waals surface area contributed by atoms with Gasteiger partial charge in [0.05, 0.1) is 6.61 Å². The molecule has 0 aliphatic heterocycles. The standard InChI is InChI=1S/C12H20N2O2S2/c1-5-13-12(4,10(15)16-6-2)8-18-11-14-9(3)7-17-11/h7,13H,5-6,8H2,1-4H3. The number of hydrogen-bond acceptors (Lipinski definition) is 6. The molecule has 0 aliphatic carbocycles. The minimum Gasteiger partial charge on any atom is -0.465 e. The second-order valence-electron chi connectivity index (χ2n) is 4.13. The van der Waals surface area contributed by atoms with Gasteiger partial charge in [-0.1, -0.05) is 18.7 Å². The highest BCUT2D eigenvalue weighted by atomic mass is 32.2. The number of aryl methyl sites for hydroxylation is 1. The predicted octanol–water partition coefficient (Wildman–Crippen LogP) is 2.47. The van der Waals surface area contributed by atoms with Crippen LogP contribution >= 0.6 is 23.1 Å². The zero-order valence-electron chi connectivity index (χ0n) is 11.3. The van der Waals surface area contributed by atoms with E-state index in [1.165, 1.54) is 0 Å². The molecule has 0 fully saturated rings. The average molecular weight is 288 g/mol. The Morgan fingerprint density at radius 1 is 1.61 bits per heavy atom. The molecule has 0 radical (unpaired) electrons. The molecule has 102 valence electrons. The van der Waals surface area contributed by atoms with E-state index in [-0.39, 0.29) is 5.97 Å². The predicted molar refractivity (Wildman–Crippen MR) is 76.3 cm³/mol. The topological polar surface area (TPSA) is 51.2 Å². The lowest BCUT2D eigenvalue weighted by molar-refractivity contribution is -0.149. The molecule has 18 heavy (non-hydrogen) atoms. The molecule has 0 bridgehead atoms. The minimum atomic E-state index is -0.658. The van der Waals surface area contributed by atoms with Crippen molar-refractivity contribution in [1.29, 1.82) is 0 Å². The van der Waals surface area contributed by atoms with E-state index >= 15 is 0 Å². The maximum absolute atomic E-state index is 12.0. The molecular formula is C12H20N2O2S2. The van der Waals surface area contributed by atoms with Gasteiger partial charge in [0.15, 0.2) is 0 Å². The molecule has 0 saturated carbocycles. The second kappa shape index (κ2) is 7.11. The Bertz CT molecular complexity index is 395. The molecule has 1 aromatic heterocycles. The summed E-state index contributed by atoms with van der Waals surface area (Å²) in [6.45, 7) is 8.78. The number of hydrogen-bond donors (Lipinski definition) is 1. The first-order valence-corrected chi connectivity index (χ1v) is 7.85. The summed E-state index contributed by atoms with van der Waals surface area (Å²) in [5.74, 6) is 0.416. The Morgan fingerprint density at radius 3 is 2.83 bits per heavy atom. The third-order valence-corrected chi connectivity index (χ3v) is 4.83. The van der Waals surface area contributed by atoms with E-state index in [9.17, 15) is 4.79 Å². The Kier molecular flexibility index (Phi) is 6.11. The molecule has 0 aliphatic rings. The number of likely N-dealkylation sites (N-methyl/N-ethyl adjacent to an activating group) is 1. The third-order valence-electron chi connectivity index (χ3n) is 2.38. The highest BCUT2D eigenvalue weighted by Gasteiger charge is 2.34. The first-order chi connectivity index (χ1) is 8.51. The van der Waals surface area contributed by atoms with E-state index in [0.29, 0.717) is 12.4 Å². The van der Waals surface area contributed by atoms with Crippen molar-refractivity contribution >= 4 is 29.1 Å². The number of esters is 1. The van der Waals surface area contributed by atoms with Crippen LogP contribution < -0.4 is 5.32 Å². The van der Waals surface area contributed by atoms with Crippen LogP contribution in [0.1, 0.15) is 26.5 Å². The largest absolute Gasteiger partial charge is 0.465 e. The third kappa shape index (κ3) is 4.26. The highest BCUT2D eigenvalue weighted by molar-refractivity contribution is 8.01. The van der Waals surface area contributed by atoms with Crippen LogP contribution in [0, 0.1) is 6.92 Å². The van der Waals surface area contributed by atoms with E-state index in [2.05, 4.69) is 10.3 Å². The molecule has 0 spiro atoms. The van der Waals surface area contributed by atoms with Crippen LogP contribution in [0.3, 0.4) is 0 Å². The van der Waals surface area contributed by atoms with Crippen LogP contribution in [0.4, 0.5) is 0 Å². The number of rotatable bonds is 7. The van der Waals surface area contributed by atoms with Crippen LogP contribution in [0.25, 0.3) is 0 Å². The maximum Gasteiger partial charge on any atom is 0.326 e. The summed E-state index contributed by atoms with van der Waals surface area (Å²) in [6, 6.07) is 0. The lowest BCUT2D eigenvalue weighted by Crippen LogP contribution is -2.52. The van der Waals surface area contributed by atoms with E-state index in [1.54, 1.807) is 23.1 Å². The SMILES string of the molecule is CCNC(C)(CSc1nc(C)cs1)C(=O)OCC. The minimum absolute atomic E-state index is 0.201.